The molecule has 0 aromatic rings. The molecule has 1 saturated carbocycles. The van der Waals surface area contributed by atoms with Gasteiger partial charge >= 0.3 is 6.03 Å². The zero-order chi connectivity index (χ0) is 10.5. The van der Waals surface area contributed by atoms with E-state index in [9.17, 15) is 9.59 Å². The second-order valence-corrected chi connectivity index (χ2v) is 4.67. The van der Waals surface area contributed by atoms with Crippen LogP contribution >= 0.6 is 0 Å². The minimum atomic E-state index is -0.484. The maximum absolute atomic E-state index is 12.0. The van der Waals surface area contributed by atoms with Crippen LogP contribution in [0.1, 0.15) is 25.7 Å². The molecule has 2 N–H and O–H groups in total. The highest BCUT2D eigenvalue weighted by atomic mass is 16.2. The average molecular weight is 209 g/mol. The zero-order valence-electron chi connectivity index (χ0n) is 8.58. The fourth-order valence-corrected chi connectivity index (χ4v) is 2.50. The molecule has 3 aliphatic rings. The molecule has 2 saturated heterocycles. The SMILES string of the molecule is O=C1NC2(CC2)C(=O)N1C1CCNCC1. The molecule has 15 heavy (non-hydrogen) atoms. The Hall–Kier alpha value is -1.10. The van der Waals surface area contributed by atoms with E-state index in [0.29, 0.717) is 0 Å². The van der Waals surface area contributed by atoms with Crippen LogP contribution in [0.15, 0.2) is 0 Å². The van der Waals surface area contributed by atoms with Gasteiger partial charge in [0.25, 0.3) is 5.91 Å². The van der Waals surface area contributed by atoms with E-state index in [0.717, 1.165) is 38.8 Å². The van der Waals surface area contributed by atoms with Crippen LogP contribution in [0.4, 0.5) is 4.79 Å². The van der Waals surface area contributed by atoms with Crippen molar-refractivity contribution in [3.05, 3.63) is 0 Å². The minimum absolute atomic E-state index is 0.0133. The molecule has 3 fully saturated rings. The van der Waals surface area contributed by atoms with Gasteiger partial charge in [0.15, 0.2) is 0 Å². The van der Waals surface area contributed by atoms with Crippen LogP contribution in [0.5, 0.6) is 0 Å². The van der Waals surface area contributed by atoms with Gasteiger partial charge < -0.3 is 10.6 Å². The summed E-state index contributed by atoms with van der Waals surface area (Å²) in [6, 6.07) is -0.0666. The van der Waals surface area contributed by atoms with Crippen molar-refractivity contribution in [1.82, 2.24) is 15.5 Å². The second-order valence-electron chi connectivity index (χ2n) is 4.67. The third-order valence-corrected chi connectivity index (χ3v) is 3.62. The maximum atomic E-state index is 12.0. The van der Waals surface area contributed by atoms with Crippen molar-refractivity contribution in [3.8, 4) is 0 Å². The standard InChI is InChI=1S/C10H15N3O2/c14-8-10(3-4-10)12-9(15)13(8)7-1-5-11-6-2-7/h7,11H,1-6H2,(H,12,15). The van der Waals surface area contributed by atoms with Crippen molar-refractivity contribution in [3.63, 3.8) is 0 Å². The summed E-state index contributed by atoms with van der Waals surface area (Å²) in [7, 11) is 0. The fourth-order valence-electron chi connectivity index (χ4n) is 2.50. The molecule has 0 unspecified atom stereocenters. The minimum Gasteiger partial charge on any atom is -0.323 e. The largest absolute Gasteiger partial charge is 0.325 e. The maximum Gasteiger partial charge on any atom is 0.325 e. The quantitative estimate of drug-likeness (QED) is 0.589. The van der Waals surface area contributed by atoms with Gasteiger partial charge in [-0.2, -0.15) is 0 Å². The monoisotopic (exact) mass is 209 g/mol. The first-order chi connectivity index (χ1) is 7.23. The fraction of sp³-hybridized carbons (Fsp3) is 0.800. The molecule has 0 radical (unpaired) electrons. The van der Waals surface area contributed by atoms with Gasteiger partial charge in [-0.25, -0.2) is 4.79 Å². The lowest BCUT2D eigenvalue weighted by molar-refractivity contribution is -0.130. The van der Waals surface area contributed by atoms with Crippen molar-refractivity contribution in [2.24, 2.45) is 0 Å². The summed E-state index contributed by atoms with van der Waals surface area (Å²) < 4.78 is 0. The lowest BCUT2D eigenvalue weighted by Crippen LogP contribution is -2.46. The first-order valence-electron chi connectivity index (χ1n) is 5.59. The molecule has 0 bridgehead atoms. The smallest absolute Gasteiger partial charge is 0.323 e. The van der Waals surface area contributed by atoms with Crippen molar-refractivity contribution < 1.29 is 9.59 Å². The van der Waals surface area contributed by atoms with Gasteiger partial charge in [-0.3, -0.25) is 9.69 Å². The Morgan fingerprint density at radius 3 is 2.40 bits per heavy atom. The van der Waals surface area contributed by atoms with Crippen molar-refractivity contribution >= 4 is 11.9 Å². The Morgan fingerprint density at radius 1 is 1.20 bits per heavy atom. The molecule has 0 aromatic carbocycles. The lowest BCUT2D eigenvalue weighted by atomic mass is 10.0. The highest BCUT2D eigenvalue weighted by molar-refractivity contribution is 6.09. The van der Waals surface area contributed by atoms with Gasteiger partial charge in [0.2, 0.25) is 0 Å². The number of imide groups is 1. The Balaban J connectivity index is 1.79. The van der Waals surface area contributed by atoms with Crippen LogP contribution < -0.4 is 10.6 Å². The van der Waals surface area contributed by atoms with E-state index in [1.165, 1.54) is 4.90 Å². The van der Waals surface area contributed by atoms with Crippen molar-refractivity contribution in [1.29, 1.82) is 0 Å². The van der Waals surface area contributed by atoms with Crippen LogP contribution in [-0.2, 0) is 4.79 Å². The first-order valence-corrected chi connectivity index (χ1v) is 5.59. The Labute approximate surface area is 88.2 Å². The Kier molecular flexibility index (Phi) is 1.80. The van der Waals surface area contributed by atoms with Crippen LogP contribution in [0.25, 0.3) is 0 Å². The average Bonchev–Trinajstić information content (AvgIpc) is 2.95. The van der Waals surface area contributed by atoms with E-state index in [-0.39, 0.29) is 18.0 Å². The number of nitrogens with zero attached hydrogens (tertiary/aromatic N) is 1. The predicted molar refractivity (Wildman–Crippen MR) is 53.2 cm³/mol. The van der Waals surface area contributed by atoms with E-state index in [2.05, 4.69) is 10.6 Å². The van der Waals surface area contributed by atoms with Gasteiger partial charge in [0.1, 0.15) is 5.54 Å². The third kappa shape index (κ3) is 1.26. The van der Waals surface area contributed by atoms with E-state index >= 15 is 0 Å². The number of rotatable bonds is 1. The molecule has 0 atom stereocenters. The predicted octanol–water partition coefficient (Wildman–Crippen LogP) is -0.177. The molecule has 5 nitrogen and oxygen atoms in total. The molecule has 82 valence electrons. The second kappa shape index (κ2) is 2.95. The summed E-state index contributed by atoms with van der Waals surface area (Å²) in [6.45, 7) is 1.80. The molecule has 3 rings (SSSR count). The molecule has 5 heteroatoms. The summed E-state index contributed by atoms with van der Waals surface area (Å²) in [5.41, 5.74) is -0.484. The van der Waals surface area contributed by atoms with Gasteiger partial charge in [0, 0.05) is 6.04 Å². The van der Waals surface area contributed by atoms with Crippen molar-refractivity contribution in [2.75, 3.05) is 13.1 Å². The number of piperidine rings is 1. The van der Waals surface area contributed by atoms with Gasteiger partial charge in [-0.1, -0.05) is 0 Å². The van der Waals surface area contributed by atoms with Crippen LogP contribution in [-0.4, -0.2) is 41.5 Å². The molecule has 0 aromatic heterocycles. The normalized spacial score (nSPS) is 29.7. The number of nitrogens with one attached hydrogen (secondary N) is 2. The van der Waals surface area contributed by atoms with Gasteiger partial charge in [-0.15, -0.1) is 0 Å². The number of amides is 3. The Bertz CT molecular complexity index is 319. The van der Waals surface area contributed by atoms with E-state index in [1.54, 1.807) is 0 Å². The summed E-state index contributed by atoms with van der Waals surface area (Å²) in [4.78, 5) is 25.2. The molecule has 2 heterocycles. The molecule has 2 aliphatic heterocycles. The number of carbonyl (C=O) groups excluding carboxylic acids is 2. The summed E-state index contributed by atoms with van der Waals surface area (Å²) >= 11 is 0. The van der Waals surface area contributed by atoms with E-state index in [4.69, 9.17) is 0 Å². The Morgan fingerprint density at radius 2 is 1.87 bits per heavy atom. The molecular weight excluding hydrogens is 194 g/mol. The first kappa shape index (κ1) is 9.15. The molecule has 1 spiro atoms. The van der Waals surface area contributed by atoms with Crippen LogP contribution in [0.3, 0.4) is 0 Å². The number of carbonyl (C=O) groups is 2. The summed E-state index contributed by atoms with van der Waals surface area (Å²) in [6.07, 6.45) is 3.41. The summed E-state index contributed by atoms with van der Waals surface area (Å²) in [5, 5.41) is 6.05. The van der Waals surface area contributed by atoms with E-state index in [1.807, 2.05) is 0 Å². The lowest BCUT2D eigenvalue weighted by Gasteiger charge is -2.29. The highest BCUT2D eigenvalue weighted by Gasteiger charge is 2.60. The number of hydrogen-bond acceptors (Lipinski definition) is 3. The topological polar surface area (TPSA) is 61.4 Å². The summed E-state index contributed by atoms with van der Waals surface area (Å²) in [5.74, 6) is 0.0133. The molecule has 1 aliphatic carbocycles. The number of urea groups is 1. The van der Waals surface area contributed by atoms with Gasteiger partial charge in [-0.05, 0) is 38.8 Å². The van der Waals surface area contributed by atoms with E-state index < -0.39 is 5.54 Å². The third-order valence-electron chi connectivity index (χ3n) is 3.62. The van der Waals surface area contributed by atoms with Crippen molar-refractivity contribution in [2.45, 2.75) is 37.3 Å². The number of hydrogen-bond donors (Lipinski definition) is 2. The van der Waals surface area contributed by atoms with Crippen LogP contribution in [0.2, 0.25) is 0 Å². The molecule has 3 amide bonds. The highest BCUT2D eigenvalue weighted by Crippen LogP contribution is 2.41. The molecular formula is C10H15N3O2. The van der Waals surface area contributed by atoms with Crippen LogP contribution in [0, 0.1) is 0 Å². The zero-order valence-corrected chi connectivity index (χ0v) is 8.58. The van der Waals surface area contributed by atoms with Gasteiger partial charge in [0.05, 0.1) is 0 Å².